The molecule has 1 unspecified atom stereocenters. The number of aliphatic hydroxyl groups is 1. The summed E-state index contributed by atoms with van der Waals surface area (Å²) >= 11 is 0. The maximum absolute atomic E-state index is 11.1. The van der Waals surface area contributed by atoms with Crippen molar-refractivity contribution in [3.05, 3.63) is 6.42 Å². The summed E-state index contributed by atoms with van der Waals surface area (Å²) in [4.78, 5) is 22.6. The Bertz CT molecular complexity index is 205. The molecular weight excluding hydrogens is 160 g/mol. The lowest BCUT2D eigenvalue weighted by atomic mass is 10.2. The lowest BCUT2D eigenvalue weighted by molar-refractivity contribution is -0.125. The third-order valence-electron chi connectivity index (χ3n) is 1.74. The van der Waals surface area contributed by atoms with Crippen LogP contribution in [0.4, 0.5) is 4.79 Å². The Balaban J connectivity index is 2.67. The van der Waals surface area contributed by atoms with Gasteiger partial charge >= 0.3 is 6.03 Å². The quantitative estimate of drug-likeness (QED) is 0.503. The highest BCUT2D eigenvalue weighted by molar-refractivity contribution is 5.98. The SMILES string of the molecule is NC(=O)N1CC(O)CC[CH]C1=O. The number of aliphatic hydroxyl groups excluding tert-OH is 1. The van der Waals surface area contributed by atoms with Gasteiger partial charge in [0.15, 0.2) is 0 Å². The fourth-order valence-electron chi connectivity index (χ4n) is 1.10. The first kappa shape index (κ1) is 8.99. The highest BCUT2D eigenvalue weighted by Gasteiger charge is 2.25. The minimum absolute atomic E-state index is 0.00463. The van der Waals surface area contributed by atoms with E-state index in [2.05, 4.69) is 0 Å². The van der Waals surface area contributed by atoms with Gasteiger partial charge in [0.05, 0.1) is 19.1 Å². The van der Waals surface area contributed by atoms with Crippen LogP contribution in [0.25, 0.3) is 0 Å². The number of imide groups is 1. The number of rotatable bonds is 0. The van der Waals surface area contributed by atoms with E-state index in [0.29, 0.717) is 12.8 Å². The number of carbonyl (C=O) groups is 2. The summed E-state index contributed by atoms with van der Waals surface area (Å²) in [6.45, 7) is 0.00463. The average Bonchev–Trinajstić information content (AvgIpc) is 2.13. The van der Waals surface area contributed by atoms with Crippen molar-refractivity contribution in [2.45, 2.75) is 18.9 Å². The van der Waals surface area contributed by atoms with E-state index in [4.69, 9.17) is 5.73 Å². The largest absolute Gasteiger partial charge is 0.391 e. The molecule has 1 aliphatic heterocycles. The second-order valence-electron chi connectivity index (χ2n) is 2.72. The van der Waals surface area contributed by atoms with Gasteiger partial charge in [0.2, 0.25) is 5.91 Å². The van der Waals surface area contributed by atoms with Crippen molar-refractivity contribution < 1.29 is 14.7 Å². The maximum atomic E-state index is 11.1. The third kappa shape index (κ3) is 1.94. The maximum Gasteiger partial charge on any atom is 0.321 e. The van der Waals surface area contributed by atoms with Crippen LogP contribution in [0.3, 0.4) is 0 Å². The van der Waals surface area contributed by atoms with Crippen LogP contribution in [-0.2, 0) is 4.79 Å². The number of nitrogens with zero attached hydrogens (tertiary/aromatic N) is 1. The van der Waals surface area contributed by atoms with Crippen molar-refractivity contribution in [2.24, 2.45) is 5.73 Å². The monoisotopic (exact) mass is 171 g/mol. The Hall–Kier alpha value is -1.10. The van der Waals surface area contributed by atoms with Crippen LogP contribution >= 0.6 is 0 Å². The fourth-order valence-corrected chi connectivity index (χ4v) is 1.10. The van der Waals surface area contributed by atoms with Crippen LogP contribution in [-0.4, -0.2) is 34.6 Å². The van der Waals surface area contributed by atoms with Gasteiger partial charge in [-0.15, -0.1) is 0 Å². The van der Waals surface area contributed by atoms with Crippen LogP contribution < -0.4 is 5.73 Å². The molecule has 0 saturated carbocycles. The molecular formula is C7H11N2O3. The van der Waals surface area contributed by atoms with Gasteiger partial charge in [0.25, 0.3) is 0 Å². The first-order chi connectivity index (χ1) is 5.61. The molecule has 0 aromatic heterocycles. The fraction of sp³-hybridized carbons (Fsp3) is 0.571. The van der Waals surface area contributed by atoms with Gasteiger partial charge < -0.3 is 10.8 Å². The van der Waals surface area contributed by atoms with Gasteiger partial charge in [0, 0.05) is 0 Å². The van der Waals surface area contributed by atoms with Crippen molar-refractivity contribution in [2.75, 3.05) is 6.54 Å². The van der Waals surface area contributed by atoms with Crippen molar-refractivity contribution in [1.29, 1.82) is 0 Å². The average molecular weight is 171 g/mol. The number of amides is 3. The first-order valence-corrected chi connectivity index (χ1v) is 3.73. The first-order valence-electron chi connectivity index (χ1n) is 3.73. The molecule has 0 aromatic rings. The molecule has 67 valence electrons. The number of hydrogen-bond acceptors (Lipinski definition) is 3. The van der Waals surface area contributed by atoms with Gasteiger partial charge in [-0.2, -0.15) is 0 Å². The molecule has 3 N–H and O–H groups in total. The van der Waals surface area contributed by atoms with E-state index in [1.54, 1.807) is 0 Å². The molecule has 0 aliphatic carbocycles. The number of urea groups is 1. The summed E-state index contributed by atoms with van der Waals surface area (Å²) in [5.74, 6) is -0.418. The molecule has 1 heterocycles. The molecule has 5 heteroatoms. The molecule has 1 radical (unpaired) electrons. The molecule has 12 heavy (non-hydrogen) atoms. The van der Waals surface area contributed by atoms with E-state index in [1.807, 2.05) is 0 Å². The molecule has 0 bridgehead atoms. The van der Waals surface area contributed by atoms with Gasteiger partial charge in [0.1, 0.15) is 0 Å². The van der Waals surface area contributed by atoms with Gasteiger partial charge in [-0.3, -0.25) is 9.69 Å². The Morgan fingerprint density at radius 1 is 1.75 bits per heavy atom. The van der Waals surface area contributed by atoms with Gasteiger partial charge in [-0.05, 0) is 12.8 Å². The summed E-state index contributed by atoms with van der Waals surface area (Å²) in [5, 5.41) is 9.20. The minimum Gasteiger partial charge on any atom is -0.391 e. The highest BCUT2D eigenvalue weighted by Crippen LogP contribution is 2.10. The number of carbonyl (C=O) groups excluding carboxylic acids is 2. The number of nitrogens with two attached hydrogens (primary N) is 1. The normalized spacial score (nSPS) is 25.2. The van der Waals surface area contributed by atoms with E-state index in [0.717, 1.165) is 4.90 Å². The molecule has 1 atom stereocenters. The topological polar surface area (TPSA) is 83.6 Å². The van der Waals surface area contributed by atoms with Crippen LogP contribution in [0.1, 0.15) is 12.8 Å². The second kappa shape index (κ2) is 3.53. The number of hydrogen-bond donors (Lipinski definition) is 2. The number of likely N-dealkylation sites (tertiary alicyclic amines) is 1. The molecule has 1 saturated heterocycles. The summed E-state index contributed by atoms with van der Waals surface area (Å²) in [6.07, 6.45) is 1.69. The standard InChI is InChI=1S/C7H11N2O3/c8-7(12)9-4-5(10)2-1-3-6(9)11/h3,5,10H,1-2,4H2,(H2,8,12). The molecule has 1 fully saturated rings. The molecule has 1 rings (SSSR count). The van der Waals surface area contributed by atoms with Crippen LogP contribution in [0, 0.1) is 6.42 Å². The van der Waals surface area contributed by atoms with E-state index in [-0.39, 0.29) is 6.54 Å². The number of primary amides is 1. The Morgan fingerprint density at radius 2 is 2.42 bits per heavy atom. The molecule has 1 aliphatic rings. The predicted octanol–water partition coefficient (Wildman–Crippen LogP) is -0.747. The predicted molar refractivity (Wildman–Crippen MR) is 40.8 cm³/mol. The van der Waals surface area contributed by atoms with Gasteiger partial charge in [-0.25, -0.2) is 4.79 Å². The van der Waals surface area contributed by atoms with Gasteiger partial charge in [-0.1, -0.05) is 0 Å². The zero-order valence-electron chi connectivity index (χ0n) is 6.56. The molecule has 0 spiro atoms. The second-order valence-corrected chi connectivity index (χ2v) is 2.72. The van der Waals surface area contributed by atoms with E-state index >= 15 is 0 Å². The van der Waals surface area contributed by atoms with Crippen molar-refractivity contribution in [3.8, 4) is 0 Å². The zero-order valence-corrected chi connectivity index (χ0v) is 6.56. The van der Waals surface area contributed by atoms with Crippen LogP contribution in [0.5, 0.6) is 0 Å². The summed E-state index contributed by atoms with van der Waals surface area (Å²) in [6, 6.07) is -0.808. The lowest BCUT2D eigenvalue weighted by Gasteiger charge is -2.17. The molecule has 0 aromatic carbocycles. The summed E-state index contributed by atoms with van der Waals surface area (Å²) in [7, 11) is 0. The number of β-amino-alcohol motifs (C(OH)–C–C–N with tert-alkyl or cyclic N) is 1. The molecule has 5 nitrogen and oxygen atoms in total. The van der Waals surface area contributed by atoms with E-state index < -0.39 is 18.0 Å². The smallest absolute Gasteiger partial charge is 0.321 e. The van der Waals surface area contributed by atoms with E-state index in [1.165, 1.54) is 6.42 Å². The summed E-state index contributed by atoms with van der Waals surface area (Å²) in [5.41, 5.74) is 4.92. The zero-order chi connectivity index (χ0) is 9.14. The minimum atomic E-state index is -0.808. The Kier molecular flexibility index (Phi) is 2.65. The third-order valence-corrected chi connectivity index (χ3v) is 1.74. The lowest BCUT2D eigenvalue weighted by Crippen LogP contribution is -2.43. The molecule has 3 amide bonds. The van der Waals surface area contributed by atoms with Crippen molar-refractivity contribution in [1.82, 2.24) is 4.90 Å². The van der Waals surface area contributed by atoms with Crippen LogP contribution in [0.15, 0.2) is 0 Å². The Labute approximate surface area is 70.1 Å². The summed E-state index contributed by atoms with van der Waals surface area (Å²) < 4.78 is 0. The van der Waals surface area contributed by atoms with Crippen LogP contribution in [0.2, 0.25) is 0 Å². The van der Waals surface area contributed by atoms with Crippen molar-refractivity contribution in [3.63, 3.8) is 0 Å². The van der Waals surface area contributed by atoms with E-state index in [9.17, 15) is 14.7 Å². The Morgan fingerprint density at radius 3 is 3.00 bits per heavy atom. The van der Waals surface area contributed by atoms with Crippen molar-refractivity contribution >= 4 is 11.9 Å². The highest BCUT2D eigenvalue weighted by atomic mass is 16.3.